The van der Waals surface area contributed by atoms with Crippen LogP contribution < -0.4 is 10.6 Å². The molecule has 0 spiro atoms. The van der Waals surface area contributed by atoms with E-state index in [-0.39, 0.29) is 0 Å². The van der Waals surface area contributed by atoms with Crippen molar-refractivity contribution in [1.29, 1.82) is 0 Å². The van der Waals surface area contributed by atoms with E-state index in [0.29, 0.717) is 17.1 Å². The van der Waals surface area contributed by atoms with Crippen molar-refractivity contribution < 1.29 is 9.47 Å². The molecule has 0 radical (unpaired) electrons. The summed E-state index contributed by atoms with van der Waals surface area (Å²) in [6.07, 6.45) is 0. The Morgan fingerprint density at radius 2 is 1.18 bits per heavy atom. The highest BCUT2D eigenvalue weighted by Gasteiger charge is 2.12. The fraction of sp³-hybridized carbons (Fsp3) is 0.214. The first kappa shape index (κ1) is 26.1. The van der Waals surface area contributed by atoms with Gasteiger partial charge in [-0.3, -0.25) is 0 Å². The van der Waals surface area contributed by atoms with E-state index < -0.39 is 0 Å². The van der Waals surface area contributed by atoms with Gasteiger partial charge in [0.15, 0.2) is 4.34 Å². The number of anilines is 4. The lowest BCUT2D eigenvalue weighted by atomic mass is 10.2. The van der Waals surface area contributed by atoms with Crippen LogP contribution in [-0.2, 0) is 9.47 Å². The van der Waals surface area contributed by atoms with Crippen LogP contribution >= 0.6 is 23.1 Å². The third-order valence-electron chi connectivity index (χ3n) is 5.43. The van der Waals surface area contributed by atoms with Crippen LogP contribution in [0, 0.1) is 13.8 Å². The van der Waals surface area contributed by atoms with Gasteiger partial charge in [0.25, 0.3) is 0 Å². The van der Waals surface area contributed by atoms with Gasteiger partial charge >= 0.3 is 0 Å². The fourth-order valence-electron chi connectivity index (χ4n) is 3.46. The molecular formula is C28H28N6O2S2. The number of benzene rings is 3. The summed E-state index contributed by atoms with van der Waals surface area (Å²) in [6, 6.07) is 24.3. The third kappa shape index (κ3) is 7.48. The first-order valence-corrected chi connectivity index (χ1v) is 13.9. The molecule has 0 aliphatic carbocycles. The highest BCUT2D eigenvalue weighted by atomic mass is 32.2. The van der Waals surface area contributed by atoms with E-state index in [9.17, 15) is 0 Å². The Labute approximate surface area is 229 Å². The Kier molecular flexibility index (Phi) is 8.77. The van der Waals surface area contributed by atoms with Crippen LogP contribution in [0.2, 0.25) is 0 Å². The number of nitrogens with one attached hydrogen (secondary N) is 2. The Morgan fingerprint density at radius 1 is 0.658 bits per heavy atom. The van der Waals surface area contributed by atoms with Crippen molar-refractivity contribution in [3.63, 3.8) is 0 Å². The summed E-state index contributed by atoms with van der Waals surface area (Å²) in [5.41, 5.74) is 5.20. The van der Waals surface area contributed by atoms with E-state index in [1.807, 2.05) is 66.7 Å². The monoisotopic (exact) mass is 544 g/mol. The lowest BCUT2D eigenvalue weighted by molar-refractivity contribution is -0.0334. The van der Waals surface area contributed by atoms with Crippen molar-refractivity contribution in [3.05, 3.63) is 83.9 Å². The molecule has 3 heterocycles. The Bertz CT molecular complexity index is 1360. The van der Waals surface area contributed by atoms with Gasteiger partial charge in [0.05, 0.1) is 36.6 Å². The van der Waals surface area contributed by atoms with E-state index in [2.05, 4.69) is 45.5 Å². The minimum Gasteiger partial charge on any atom is -0.377 e. The molecule has 38 heavy (non-hydrogen) atoms. The molecule has 0 amide bonds. The summed E-state index contributed by atoms with van der Waals surface area (Å²) >= 11 is 3.06. The first-order valence-electron chi connectivity index (χ1n) is 12.2. The molecule has 194 valence electrons. The second-order valence-electron chi connectivity index (χ2n) is 8.52. The third-order valence-corrected chi connectivity index (χ3v) is 7.39. The molecule has 1 aliphatic rings. The standard InChI is InChI=1S/C24H20N6S2.C4H8O2/c1-15-7-11-17(12-8-15)25-21-28-22(26-18-13-9-16(2)10-14-18)30-23(29-21)32-24-27-19-5-3-4-6-20(19)31-24;1-2-6-4-3-5-1/h3-14H,1-2H3,(H2,25,26,28,29,30);1-4H2. The zero-order chi connectivity index (χ0) is 26.2. The Hall–Kier alpha value is -3.57. The summed E-state index contributed by atoms with van der Waals surface area (Å²) in [6.45, 7) is 7.23. The van der Waals surface area contributed by atoms with Gasteiger partial charge in [0.1, 0.15) is 0 Å². The molecule has 0 atom stereocenters. The maximum Gasteiger partial charge on any atom is 0.233 e. The molecule has 2 aromatic heterocycles. The van der Waals surface area contributed by atoms with Crippen molar-refractivity contribution in [2.45, 2.75) is 23.3 Å². The van der Waals surface area contributed by atoms with Gasteiger partial charge in [-0.05, 0) is 62.0 Å². The molecule has 1 aliphatic heterocycles. The molecule has 1 fully saturated rings. The zero-order valence-corrected chi connectivity index (χ0v) is 22.8. The quantitative estimate of drug-likeness (QED) is 0.240. The number of thiazole rings is 1. The van der Waals surface area contributed by atoms with Crippen LogP contribution in [-0.4, -0.2) is 46.4 Å². The summed E-state index contributed by atoms with van der Waals surface area (Å²) in [7, 11) is 0. The molecular weight excluding hydrogens is 516 g/mol. The van der Waals surface area contributed by atoms with Crippen LogP contribution in [0.25, 0.3) is 10.2 Å². The maximum absolute atomic E-state index is 4.94. The van der Waals surface area contributed by atoms with Crippen molar-refractivity contribution in [2.24, 2.45) is 0 Å². The van der Waals surface area contributed by atoms with Gasteiger partial charge in [0.2, 0.25) is 17.1 Å². The number of fused-ring (bicyclic) bond motifs is 1. The Balaban J connectivity index is 0.000000433. The topological polar surface area (TPSA) is 94.1 Å². The Morgan fingerprint density at radius 3 is 1.68 bits per heavy atom. The van der Waals surface area contributed by atoms with Crippen LogP contribution in [0.1, 0.15) is 11.1 Å². The number of aromatic nitrogens is 4. The average molecular weight is 545 g/mol. The van der Waals surface area contributed by atoms with Crippen LogP contribution in [0.15, 0.2) is 82.3 Å². The average Bonchev–Trinajstić information content (AvgIpc) is 3.35. The molecule has 2 N–H and O–H groups in total. The largest absolute Gasteiger partial charge is 0.377 e. The molecule has 3 aromatic carbocycles. The van der Waals surface area contributed by atoms with E-state index >= 15 is 0 Å². The van der Waals surface area contributed by atoms with E-state index in [1.54, 1.807) is 11.3 Å². The number of aryl methyl sites for hydroxylation is 2. The number of ether oxygens (including phenoxy) is 2. The second-order valence-corrected chi connectivity index (χ2v) is 10.8. The number of para-hydroxylation sites is 1. The normalized spacial score (nSPS) is 13.0. The highest BCUT2D eigenvalue weighted by molar-refractivity contribution is 8.01. The van der Waals surface area contributed by atoms with Crippen molar-refractivity contribution >= 4 is 56.6 Å². The number of nitrogens with zero attached hydrogens (tertiary/aromatic N) is 4. The number of rotatable bonds is 6. The summed E-state index contributed by atoms with van der Waals surface area (Å²) in [5.74, 6) is 0.948. The van der Waals surface area contributed by atoms with Crippen molar-refractivity contribution in [3.8, 4) is 0 Å². The number of hydrogen-bond donors (Lipinski definition) is 2. The molecule has 0 unspecified atom stereocenters. The van der Waals surface area contributed by atoms with Gasteiger partial charge in [-0.2, -0.15) is 15.0 Å². The van der Waals surface area contributed by atoms with Gasteiger partial charge in [-0.25, -0.2) is 4.98 Å². The SMILES string of the molecule is C1COCCO1.Cc1ccc(Nc2nc(Nc3ccc(C)cc3)nc(Sc3nc4ccccc4s3)n2)cc1. The minimum absolute atomic E-state index is 0.474. The van der Waals surface area contributed by atoms with Crippen LogP contribution in [0.4, 0.5) is 23.3 Å². The molecule has 0 saturated carbocycles. The summed E-state index contributed by atoms with van der Waals surface area (Å²) < 4.78 is 11.9. The lowest BCUT2D eigenvalue weighted by Crippen LogP contribution is -2.16. The van der Waals surface area contributed by atoms with Crippen LogP contribution in [0.3, 0.4) is 0 Å². The molecule has 10 heteroatoms. The first-order chi connectivity index (χ1) is 18.6. The predicted octanol–water partition coefficient (Wildman–Crippen LogP) is 6.77. The predicted molar refractivity (Wildman–Crippen MR) is 154 cm³/mol. The van der Waals surface area contributed by atoms with Gasteiger partial charge in [0, 0.05) is 11.4 Å². The molecule has 1 saturated heterocycles. The van der Waals surface area contributed by atoms with E-state index in [1.165, 1.54) is 22.9 Å². The minimum atomic E-state index is 0.474. The highest BCUT2D eigenvalue weighted by Crippen LogP contribution is 2.33. The van der Waals surface area contributed by atoms with Crippen molar-refractivity contribution in [1.82, 2.24) is 19.9 Å². The van der Waals surface area contributed by atoms with Gasteiger partial charge < -0.3 is 20.1 Å². The van der Waals surface area contributed by atoms with Gasteiger partial charge in [-0.1, -0.05) is 47.5 Å². The maximum atomic E-state index is 4.94. The summed E-state index contributed by atoms with van der Waals surface area (Å²) in [4.78, 5) is 18.5. The molecule has 5 aromatic rings. The fourth-order valence-corrected chi connectivity index (χ4v) is 5.38. The summed E-state index contributed by atoms with van der Waals surface area (Å²) in [5, 5.41) is 7.15. The van der Waals surface area contributed by atoms with Gasteiger partial charge in [-0.15, -0.1) is 11.3 Å². The molecule has 8 nitrogen and oxygen atoms in total. The molecule has 0 bridgehead atoms. The van der Waals surface area contributed by atoms with E-state index in [4.69, 9.17) is 14.5 Å². The van der Waals surface area contributed by atoms with Crippen LogP contribution in [0.5, 0.6) is 0 Å². The molecule has 6 rings (SSSR count). The van der Waals surface area contributed by atoms with E-state index in [0.717, 1.165) is 52.4 Å². The van der Waals surface area contributed by atoms with Crippen molar-refractivity contribution in [2.75, 3.05) is 37.1 Å². The smallest absolute Gasteiger partial charge is 0.233 e. The second kappa shape index (κ2) is 12.8. The number of hydrogen-bond acceptors (Lipinski definition) is 10. The zero-order valence-electron chi connectivity index (χ0n) is 21.2. The lowest BCUT2D eigenvalue weighted by Gasteiger charge is -2.10.